The van der Waals surface area contributed by atoms with Crippen molar-refractivity contribution < 1.29 is 9.66 Å². The summed E-state index contributed by atoms with van der Waals surface area (Å²) in [5, 5.41) is 20.3. The fourth-order valence-corrected chi connectivity index (χ4v) is 3.85. The van der Waals surface area contributed by atoms with Crippen LogP contribution in [0.3, 0.4) is 0 Å². The van der Waals surface area contributed by atoms with E-state index in [1.165, 1.54) is 12.1 Å². The number of ether oxygens (including phenoxy) is 1. The predicted molar refractivity (Wildman–Crippen MR) is 105 cm³/mol. The Hall–Kier alpha value is -2.99. The highest BCUT2D eigenvalue weighted by molar-refractivity contribution is 6.66. The van der Waals surface area contributed by atoms with Crippen LogP contribution in [0.15, 0.2) is 24.3 Å². The van der Waals surface area contributed by atoms with Gasteiger partial charge in [0.25, 0.3) is 12.4 Å². The van der Waals surface area contributed by atoms with Crippen molar-refractivity contribution in [1.82, 2.24) is 9.97 Å². The normalized spacial score (nSPS) is 19.1. The molecule has 0 radical (unpaired) electrons. The van der Waals surface area contributed by atoms with Gasteiger partial charge >= 0.3 is 0 Å². The van der Waals surface area contributed by atoms with Crippen LogP contribution in [0, 0.1) is 21.3 Å². The lowest BCUT2D eigenvalue weighted by molar-refractivity contribution is -0.384. The van der Waals surface area contributed by atoms with Gasteiger partial charge in [0.2, 0.25) is 0 Å². The SMILES string of the molecule is C[C@H]1COCCN1c1nc(-c2ccc([N+](=O)[O-])cc2)nc2c1CCB(C#N)C2. The van der Waals surface area contributed by atoms with Crippen molar-refractivity contribution in [2.24, 2.45) is 0 Å². The first kappa shape index (κ1) is 18.4. The lowest BCUT2D eigenvalue weighted by Crippen LogP contribution is -2.45. The van der Waals surface area contributed by atoms with Crippen LogP contribution in [0.1, 0.15) is 18.2 Å². The van der Waals surface area contributed by atoms with Gasteiger partial charge in [-0.2, -0.15) is 0 Å². The number of nitriles is 1. The van der Waals surface area contributed by atoms with E-state index in [-0.39, 0.29) is 18.4 Å². The van der Waals surface area contributed by atoms with Crippen LogP contribution >= 0.6 is 0 Å². The van der Waals surface area contributed by atoms with Gasteiger partial charge in [0.05, 0.1) is 24.2 Å². The van der Waals surface area contributed by atoms with Gasteiger partial charge in [0, 0.05) is 41.5 Å². The Morgan fingerprint density at radius 2 is 2.14 bits per heavy atom. The number of anilines is 1. The Balaban J connectivity index is 1.80. The third-order valence-corrected chi connectivity index (χ3v) is 5.41. The number of nitrogens with zero attached hydrogens (tertiary/aromatic N) is 5. The number of non-ortho nitro benzene ring substituents is 1. The Labute approximate surface area is 163 Å². The third-order valence-electron chi connectivity index (χ3n) is 5.41. The van der Waals surface area contributed by atoms with E-state index in [0.29, 0.717) is 25.4 Å². The summed E-state index contributed by atoms with van der Waals surface area (Å²) in [6, 6.07) is 6.49. The van der Waals surface area contributed by atoms with Crippen molar-refractivity contribution in [2.75, 3.05) is 24.7 Å². The number of nitro benzene ring substituents is 1. The zero-order valence-corrected chi connectivity index (χ0v) is 15.7. The third kappa shape index (κ3) is 3.43. The molecule has 0 saturated carbocycles. The molecule has 8 nitrogen and oxygen atoms in total. The molecule has 3 heterocycles. The van der Waals surface area contributed by atoms with Gasteiger partial charge in [0.15, 0.2) is 5.82 Å². The van der Waals surface area contributed by atoms with Crippen molar-refractivity contribution >= 4 is 18.2 Å². The Morgan fingerprint density at radius 1 is 1.36 bits per heavy atom. The molecule has 2 aliphatic heterocycles. The summed E-state index contributed by atoms with van der Waals surface area (Å²) >= 11 is 0. The minimum Gasteiger partial charge on any atom is -0.377 e. The molecule has 1 fully saturated rings. The topological polar surface area (TPSA) is 105 Å². The second kappa shape index (κ2) is 7.56. The predicted octanol–water partition coefficient (Wildman–Crippen LogP) is 2.47. The van der Waals surface area contributed by atoms with E-state index in [1.54, 1.807) is 12.1 Å². The molecule has 0 unspecified atom stereocenters. The maximum atomic E-state index is 10.9. The standard InChI is InChI=1S/C19H20BN5O3/c1-13-11-28-9-8-24(13)19-16-6-7-20(12-21)10-17(16)22-18(23-19)14-2-4-15(5-3-14)25(26)27/h2-5,13H,6-11H2,1H3/t13-/m0/s1. The van der Waals surface area contributed by atoms with Crippen molar-refractivity contribution in [2.45, 2.75) is 32.0 Å². The number of hydrogen-bond acceptors (Lipinski definition) is 7. The summed E-state index contributed by atoms with van der Waals surface area (Å²) in [5.41, 5.74) is 2.80. The summed E-state index contributed by atoms with van der Waals surface area (Å²) in [5.74, 6) is 3.81. The zero-order valence-electron chi connectivity index (χ0n) is 15.7. The van der Waals surface area contributed by atoms with Crippen LogP contribution in [-0.4, -0.2) is 47.4 Å². The summed E-state index contributed by atoms with van der Waals surface area (Å²) < 4.78 is 5.57. The fourth-order valence-electron chi connectivity index (χ4n) is 3.85. The van der Waals surface area contributed by atoms with Crippen LogP contribution in [0.5, 0.6) is 0 Å². The molecular weight excluding hydrogens is 357 g/mol. The van der Waals surface area contributed by atoms with E-state index < -0.39 is 4.92 Å². The minimum atomic E-state index is -0.421. The molecule has 0 N–H and O–H groups in total. The van der Waals surface area contributed by atoms with E-state index in [1.807, 2.05) is 0 Å². The molecule has 28 heavy (non-hydrogen) atoms. The van der Waals surface area contributed by atoms with Gasteiger partial charge in [-0.25, -0.2) is 15.2 Å². The molecule has 9 heteroatoms. The van der Waals surface area contributed by atoms with Gasteiger partial charge < -0.3 is 9.64 Å². The molecule has 0 amide bonds. The Kier molecular flexibility index (Phi) is 4.96. The molecule has 2 aromatic rings. The van der Waals surface area contributed by atoms with E-state index in [9.17, 15) is 15.4 Å². The van der Waals surface area contributed by atoms with Crippen LogP contribution in [-0.2, 0) is 17.5 Å². The van der Waals surface area contributed by atoms with Crippen LogP contribution in [0.2, 0.25) is 6.32 Å². The molecule has 2 aliphatic rings. The van der Waals surface area contributed by atoms with Gasteiger partial charge in [-0.15, -0.1) is 0 Å². The van der Waals surface area contributed by atoms with Gasteiger partial charge in [-0.3, -0.25) is 10.1 Å². The first-order chi connectivity index (χ1) is 13.6. The summed E-state index contributed by atoms with van der Waals surface area (Å²) in [6.07, 6.45) is 2.21. The van der Waals surface area contributed by atoms with Crippen LogP contribution in [0.25, 0.3) is 11.4 Å². The highest BCUT2D eigenvalue weighted by Gasteiger charge is 2.31. The van der Waals surface area contributed by atoms with E-state index in [4.69, 9.17) is 14.7 Å². The molecule has 142 valence electrons. The summed E-state index contributed by atoms with van der Waals surface area (Å²) in [7, 11) is 0. The molecule has 0 aliphatic carbocycles. The second-order valence-corrected chi connectivity index (χ2v) is 7.29. The molecule has 1 aromatic carbocycles. The smallest absolute Gasteiger partial charge is 0.274 e. The van der Waals surface area contributed by atoms with Crippen LogP contribution < -0.4 is 4.90 Å². The molecular formula is C19H20BN5O3. The zero-order chi connectivity index (χ0) is 19.7. The average molecular weight is 377 g/mol. The summed E-state index contributed by atoms with van der Waals surface area (Å²) in [6.45, 7) is 4.12. The quantitative estimate of drug-likeness (QED) is 0.460. The highest BCUT2D eigenvalue weighted by atomic mass is 16.6. The number of morpholine rings is 1. The monoisotopic (exact) mass is 377 g/mol. The van der Waals surface area contributed by atoms with Gasteiger partial charge in [-0.05, 0) is 31.8 Å². The second-order valence-electron chi connectivity index (χ2n) is 7.29. The van der Waals surface area contributed by atoms with Gasteiger partial charge in [-0.1, -0.05) is 6.32 Å². The van der Waals surface area contributed by atoms with Crippen molar-refractivity contribution in [1.29, 1.82) is 5.26 Å². The number of rotatable bonds is 3. The fraction of sp³-hybridized carbons (Fsp3) is 0.421. The molecule has 0 bridgehead atoms. The van der Waals surface area contributed by atoms with Crippen molar-refractivity contribution in [3.8, 4) is 17.4 Å². The molecule has 1 aromatic heterocycles. The van der Waals surface area contributed by atoms with E-state index in [0.717, 1.165) is 41.9 Å². The maximum Gasteiger partial charge on any atom is 0.274 e. The summed E-state index contributed by atoms with van der Waals surface area (Å²) in [4.78, 5) is 22.4. The molecule has 1 saturated heterocycles. The molecule has 4 rings (SSSR count). The highest BCUT2D eigenvalue weighted by Crippen LogP contribution is 2.32. The Bertz CT molecular complexity index is 944. The van der Waals surface area contributed by atoms with E-state index in [2.05, 4.69) is 17.8 Å². The maximum absolute atomic E-state index is 10.9. The first-order valence-electron chi connectivity index (χ1n) is 9.45. The molecule has 1 atom stereocenters. The number of aromatic nitrogens is 2. The molecule has 0 spiro atoms. The first-order valence-corrected chi connectivity index (χ1v) is 9.45. The lowest BCUT2D eigenvalue weighted by atomic mass is 9.43. The number of hydrogen-bond donors (Lipinski definition) is 0. The lowest BCUT2D eigenvalue weighted by Gasteiger charge is -2.36. The Morgan fingerprint density at radius 3 is 2.82 bits per heavy atom. The van der Waals surface area contributed by atoms with Gasteiger partial charge in [0.1, 0.15) is 5.82 Å². The van der Waals surface area contributed by atoms with Crippen molar-refractivity contribution in [3.63, 3.8) is 0 Å². The number of fused-ring (bicyclic) bond motifs is 1. The number of nitro groups is 1. The number of benzene rings is 1. The van der Waals surface area contributed by atoms with Crippen molar-refractivity contribution in [3.05, 3.63) is 45.6 Å². The van der Waals surface area contributed by atoms with Crippen LogP contribution in [0.4, 0.5) is 11.5 Å². The minimum absolute atomic E-state index is 0.0354. The average Bonchev–Trinajstić information content (AvgIpc) is 2.73. The van der Waals surface area contributed by atoms with E-state index >= 15 is 0 Å². The largest absolute Gasteiger partial charge is 0.377 e.